The zero-order valence-electron chi connectivity index (χ0n) is 17.1. The number of hydrogen-bond donors (Lipinski definition) is 0. The molecule has 0 spiro atoms. The van der Waals surface area contributed by atoms with Crippen molar-refractivity contribution in [3.8, 4) is 0 Å². The molecule has 0 aromatic rings. The van der Waals surface area contributed by atoms with E-state index in [1.807, 2.05) is 33.8 Å². The van der Waals surface area contributed by atoms with Crippen LogP contribution in [0.5, 0.6) is 0 Å². The van der Waals surface area contributed by atoms with Gasteiger partial charge in [-0.05, 0) is 50.9 Å². The number of Topliss-reactive ketones (excluding diaryl/α,β-unsaturated/α-hetero) is 1. The van der Waals surface area contributed by atoms with Crippen LogP contribution < -0.4 is 0 Å². The molecule has 2 radical (unpaired) electrons. The van der Waals surface area contributed by atoms with Gasteiger partial charge in [-0.1, -0.05) is 66.2 Å². The van der Waals surface area contributed by atoms with Crippen molar-refractivity contribution in [3.05, 3.63) is 36.0 Å². The molecule has 0 saturated carbocycles. The second kappa shape index (κ2) is 15.4. The smallest absolute Gasteiger partial charge is 0.164 e. The normalized spacial score (nSPS) is 16.2. The second-order valence-electron chi connectivity index (χ2n) is 5.87. The lowest BCUT2D eigenvalue weighted by Gasteiger charge is -2.31. The van der Waals surface area contributed by atoms with Crippen LogP contribution in [0.1, 0.15) is 54.4 Å². The number of ketones is 1. The fraction of sp³-hybridized carbons (Fsp3) is 0.667. The summed E-state index contributed by atoms with van der Waals surface area (Å²) in [5, 5.41) is 0. The predicted molar refractivity (Wildman–Crippen MR) is 110 cm³/mol. The molecule has 0 N–H and O–H groups in total. The van der Waals surface area contributed by atoms with E-state index in [4.69, 9.17) is 0 Å². The first-order valence-corrected chi connectivity index (χ1v) is 9.37. The van der Waals surface area contributed by atoms with Crippen LogP contribution in [0, 0.1) is 11.8 Å². The molecule has 1 rings (SSSR count). The van der Waals surface area contributed by atoms with Crippen LogP contribution in [0.25, 0.3) is 0 Å². The van der Waals surface area contributed by atoms with Crippen molar-refractivity contribution in [3.63, 3.8) is 0 Å². The third kappa shape index (κ3) is 9.27. The third-order valence-corrected chi connectivity index (χ3v) is 4.16. The summed E-state index contributed by atoms with van der Waals surface area (Å²) >= 11 is 0. The highest BCUT2D eigenvalue weighted by Gasteiger charge is 2.19. The summed E-state index contributed by atoms with van der Waals surface area (Å²) in [6, 6.07) is 0. The predicted octanol–water partition coefficient (Wildman–Crippen LogP) is 5.23. The lowest BCUT2D eigenvalue weighted by molar-refractivity contribution is -0.117. The van der Waals surface area contributed by atoms with Gasteiger partial charge in [-0.3, -0.25) is 4.79 Å². The van der Waals surface area contributed by atoms with Gasteiger partial charge in [0.2, 0.25) is 0 Å². The Morgan fingerprint density at radius 2 is 1.71 bits per heavy atom. The molecular formula is C21H38BNO. The van der Waals surface area contributed by atoms with Gasteiger partial charge >= 0.3 is 0 Å². The van der Waals surface area contributed by atoms with Crippen LogP contribution in [0.3, 0.4) is 0 Å². The van der Waals surface area contributed by atoms with Crippen molar-refractivity contribution >= 4 is 13.6 Å². The molecule has 2 nitrogen and oxygen atoms in total. The lowest BCUT2D eigenvalue weighted by atomic mass is 9.88. The number of rotatable bonds is 6. The van der Waals surface area contributed by atoms with Crippen molar-refractivity contribution < 1.29 is 4.79 Å². The minimum Gasteiger partial charge on any atom is -0.304 e. The highest BCUT2D eigenvalue weighted by molar-refractivity contribution is 6.05. The fourth-order valence-corrected chi connectivity index (χ4v) is 2.70. The van der Waals surface area contributed by atoms with Crippen LogP contribution in [0.2, 0.25) is 6.82 Å². The van der Waals surface area contributed by atoms with E-state index < -0.39 is 0 Å². The van der Waals surface area contributed by atoms with Gasteiger partial charge in [-0.25, -0.2) is 0 Å². The SMILES string of the molecule is C=C(/C=C\C(=C/C)C1CCN(CC)CC1)C(=O)C(C)C.CC.[B]C. The molecule has 0 unspecified atom stereocenters. The molecule has 0 aliphatic carbocycles. The summed E-state index contributed by atoms with van der Waals surface area (Å²) in [4.78, 5) is 14.3. The fourth-order valence-electron chi connectivity index (χ4n) is 2.70. The van der Waals surface area contributed by atoms with Crippen LogP contribution >= 0.6 is 0 Å². The highest BCUT2D eigenvalue weighted by Crippen LogP contribution is 2.25. The summed E-state index contributed by atoms with van der Waals surface area (Å²) < 4.78 is 0. The summed E-state index contributed by atoms with van der Waals surface area (Å²) in [5.41, 5.74) is 1.96. The summed E-state index contributed by atoms with van der Waals surface area (Å²) in [5.74, 6) is 0.785. The van der Waals surface area contributed by atoms with Gasteiger partial charge in [0.25, 0.3) is 0 Å². The zero-order chi connectivity index (χ0) is 19.1. The van der Waals surface area contributed by atoms with Gasteiger partial charge in [-0.2, -0.15) is 0 Å². The minimum atomic E-state index is 0.0222. The van der Waals surface area contributed by atoms with E-state index in [2.05, 4.69) is 45.3 Å². The molecule has 0 aromatic carbocycles. The van der Waals surface area contributed by atoms with E-state index in [1.54, 1.807) is 0 Å². The molecule has 0 aromatic heterocycles. The van der Waals surface area contributed by atoms with Gasteiger partial charge in [0.1, 0.15) is 0 Å². The van der Waals surface area contributed by atoms with Gasteiger partial charge in [0.05, 0.1) is 7.85 Å². The maximum atomic E-state index is 11.8. The van der Waals surface area contributed by atoms with Crippen molar-refractivity contribution in [1.29, 1.82) is 0 Å². The number of piperidine rings is 1. The van der Waals surface area contributed by atoms with Crippen molar-refractivity contribution in [2.45, 2.75) is 61.2 Å². The Morgan fingerprint density at radius 3 is 2.08 bits per heavy atom. The average Bonchev–Trinajstić information content (AvgIpc) is 2.65. The molecule has 0 amide bonds. The van der Waals surface area contributed by atoms with Crippen molar-refractivity contribution in [2.24, 2.45) is 11.8 Å². The van der Waals surface area contributed by atoms with E-state index in [-0.39, 0.29) is 11.7 Å². The van der Waals surface area contributed by atoms with Crippen LogP contribution in [0.15, 0.2) is 36.0 Å². The molecule has 3 heteroatoms. The molecule has 0 atom stereocenters. The van der Waals surface area contributed by atoms with E-state index >= 15 is 0 Å². The maximum Gasteiger partial charge on any atom is 0.164 e. The zero-order valence-corrected chi connectivity index (χ0v) is 17.1. The summed E-state index contributed by atoms with van der Waals surface area (Å²) in [6.45, 7) is 21.0. The molecule has 24 heavy (non-hydrogen) atoms. The van der Waals surface area contributed by atoms with Gasteiger partial charge < -0.3 is 4.90 Å². The minimum absolute atomic E-state index is 0.0222. The quantitative estimate of drug-likeness (QED) is 0.377. The Morgan fingerprint density at radius 1 is 1.21 bits per heavy atom. The first-order chi connectivity index (χ1) is 11.5. The topological polar surface area (TPSA) is 20.3 Å². The third-order valence-electron chi connectivity index (χ3n) is 4.16. The molecular weight excluding hydrogens is 293 g/mol. The molecule has 0 bridgehead atoms. The van der Waals surface area contributed by atoms with Gasteiger partial charge in [0.15, 0.2) is 5.78 Å². The first kappa shape index (κ1) is 25.2. The number of nitrogens with zero attached hydrogens (tertiary/aromatic N) is 1. The standard InChI is InChI=1S/C18H29NO.C2H6.CH3B/c1-6-16(9-8-15(5)18(20)14(3)4)17-10-12-19(7-2)13-11-17;2*1-2/h6,8-9,14,17H,5,7,10-13H2,1-4H3;1-2H3;1H3/b9-8-,16-6+;;. The Bertz CT molecular complexity index is 402. The van der Waals surface area contributed by atoms with E-state index in [0.29, 0.717) is 11.5 Å². The van der Waals surface area contributed by atoms with E-state index in [0.717, 1.165) is 6.54 Å². The summed E-state index contributed by atoms with van der Waals surface area (Å²) in [6.07, 6.45) is 8.58. The molecule has 1 fully saturated rings. The molecule has 1 saturated heterocycles. The van der Waals surface area contributed by atoms with Gasteiger partial charge in [0, 0.05) is 11.5 Å². The Kier molecular flexibility index (Phi) is 16.2. The number of carbonyl (C=O) groups is 1. The van der Waals surface area contributed by atoms with E-state index in [1.165, 1.54) is 38.3 Å². The lowest BCUT2D eigenvalue weighted by Crippen LogP contribution is -2.33. The molecule has 136 valence electrons. The number of allylic oxidation sites excluding steroid dienone is 5. The average molecular weight is 331 g/mol. The van der Waals surface area contributed by atoms with Crippen LogP contribution in [0.4, 0.5) is 0 Å². The van der Waals surface area contributed by atoms with Crippen LogP contribution in [-0.4, -0.2) is 38.2 Å². The molecule has 1 aliphatic rings. The second-order valence-corrected chi connectivity index (χ2v) is 5.87. The van der Waals surface area contributed by atoms with Gasteiger partial charge in [-0.15, -0.1) is 0 Å². The first-order valence-electron chi connectivity index (χ1n) is 9.37. The largest absolute Gasteiger partial charge is 0.304 e. The van der Waals surface area contributed by atoms with Crippen molar-refractivity contribution in [2.75, 3.05) is 19.6 Å². The van der Waals surface area contributed by atoms with E-state index in [9.17, 15) is 4.79 Å². The van der Waals surface area contributed by atoms with Crippen molar-refractivity contribution in [1.82, 2.24) is 4.90 Å². The Labute approximate surface area is 152 Å². The van der Waals surface area contributed by atoms with Crippen LogP contribution in [-0.2, 0) is 4.79 Å². The maximum absolute atomic E-state index is 11.8. The molecule has 1 aliphatic heterocycles. The Hall–Kier alpha value is -1.09. The summed E-state index contributed by atoms with van der Waals surface area (Å²) in [7, 11) is 4.50. The Balaban J connectivity index is 0. The monoisotopic (exact) mass is 331 g/mol. The number of hydrogen-bond acceptors (Lipinski definition) is 2. The number of likely N-dealkylation sites (tertiary alicyclic amines) is 1. The highest BCUT2D eigenvalue weighted by atomic mass is 16.1. The molecule has 1 heterocycles. The number of carbonyl (C=O) groups excluding carboxylic acids is 1.